The molecule has 142 valence electrons. The Balaban J connectivity index is 1.58. The minimum absolute atomic E-state index is 0.0171. The lowest BCUT2D eigenvalue weighted by molar-refractivity contribution is -0.384. The molecule has 3 rings (SSSR count). The van der Waals surface area contributed by atoms with Crippen molar-refractivity contribution in [2.24, 2.45) is 0 Å². The van der Waals surface area contributed by atoms with Gasteiger partial charge in [-0.2, -0.15) is 0 Å². The van der Waals surface area contributed by atoms with E-state index in [1.54, 1.807) is 35.2 Å². The van der Waals surface area contributed by atoms with Crippen molar-refractivity contribution in [3.8, 4) is 5.75 Å². The number of nitro benzene ring substituents is 1. The predicted molar refractivity (Wildman–Crippen MR) is 103 cm³/mol. The molecule has 2 aromatic rings. The maximum absolute atomic E-state index is 12.4. The van der Waals surface area contributed by atoms with Crippen LogP contribution in [0.15, 0.2) is 42.5 Å². The van der Waals surface area contributed by atoms with Crippen molar-refractivity contribution in [2.45, 2.75) is 12.8 Å². The minimum Gasteiger partial charge on any atom is -0.508 e. The highest BCUT2D eigenvalue weighted by Crippen LogP contribution is 2.31. The van der Waals surface area contributed by atoms with Crippen LogP contribution in [-0.4, -0.2) is 47.0 Å². The number of hydrogen-bond acceptors (Lipinski definition) is 5. The number of anilines is 1. The molecule has 7 nitrogen and oxygen atoms in total. The highest BCUT2D eigenvalue weighted by Gasteiger charge is 2.25. The molecule has 0 aromatic heterocycles. The van der Waals surface area contributed by atoms with Gasteiger partial charge in [-0.3, -0.25) is 14.9 Å². The number of carbonyl (C=O) groups is 1. The van der Waals surface area contributed by atoms with E-state index in [0.29, 0.717) is 49.7 Å². The van der Waals surface area contributed by atoms with Crippen molar-refractivity contribution in [1.29, 1.82) is 0 Å². The van der Waals surface area contributed by atoms with Crippen molar-refractivity contribution in [3.63, 3.8) is 0 Å². The molecule has 1 saturated heterocycles. The molecule has 0 unspecified atom stereocenters. The molecule has 1 aliphatic rings. The molecule has 1 heterocycles. The van der Waals surface area contributed by atoms with Gasteiger partial charge in [0.15, 0.2) is 0 Å². The number of nitro groups is 1. The van der Waals surface area contributed by atoms with Crippen molar-refractivity contribution < 1.29 is 14.8 Å². The quantitative estimate of drug-likeness (QED) is 0.626. The van der Waals surface area contributed by atoms with E-state index in [1.807, 2.05) is 11.0 Å². The lowest BCUT2D eigenvalue weighted by Crippen LogP contribution is -2.49. The third-order valence-electron chi connectivity index (χ3n) is 4.71. The number of piperazine rings is 1. The molecule has 8 heteroatoms. The van der Waals surface area contributed by atoms with Gasteiger partial charge in [0.1, 0.15) is 11.4 Å². The van der Waals surface area contributed by atoms with Crippen molar-refractivity contribution in [1.82, 2.24) is 4.90 Å². The Kier molecular flexibility index (Phi) is 5.81. The molecule has 0 bridgehead atoms. The first-order valence-electron chi connectivity index (χ1n) is 8.69. The van der Waals surface area contributed by atoms with Crippen LogP contribution in [0.25, 0.3) is 0 Å². The van der Waals surface area contributed by atoms with Gasteiger partial charge < -0.3 is 14.9 Å². The van der Waals surface area contributed by atoms with E-state index in [9.17, 15) is 20.0 Å². The van der Waals surface area contributed by atoms with Gasteiger partial charge in [0.25, 0.3) is 5.69 Å². The second-order valence-electron chi connectivity index (χ2n) is 6.39. The lowest BCUT2D eigenvalue weighted by Gasteiger charge is -2.36. The van der Waals surface area contributed by atoms with Crippen molar-refractivity contribution >= 4 is 28.9 Å². The maximum Gasteiger partial charge on any atom is 0.294 e. The highest BCUT2D eigenvalue weighted by molar-refractivity contribution is 6.30. The Morgan fingerprint density at radius 3 is 2.52 bits per heavy atom. The van der Waals surface area contributed by atoms with Crippen LogP contribution in [0.5, 0.6) is 5.75 Å². The van der Waals surface area contributed by atoms with Gasteiger partial charge in [-0.25, -0.2) is 0 Å². The summed E-state index contributed by atoms with van der Waals surface area (Å²) in [5.41, 5.74) is 1.24. The first kappa shape index (κ1) is 19.0. The summed E-state index contributed by atoms with van der Waals surface area (Å²) in [6.07, 6.45) is 0.799. The van der Waals surface area contributed by atoms with Crippen LogP contribution >= 0.6 is 11.6 Å². The van der Waals surface area contributed by atoms with Crippen LogP contribution in [0.2, 0.25) is 5.02 Å². The minimum atomic E-state index is -0.439. The molecule has 1 N–H and O–H groups in total. The number of phenolic OH excluding ortho intramolecular Hbond substituents is 1. The Morgan fingerprint density at radius 2 is 1.85 bits per heavy atom. The third-order valence-corrected chi connectivity index (χ3v) is 4.94. The fourth-order valence-corrected chi connectivity index (χ4v) is 3.40. The average Bonchev–Trinajstić information content (AvgIpc) is 2.67. The number of amides is 1. The van der Waals surface area contributed by atoms with E-state index in [-0.39, 0.29) is 17.3 Å². The van der Waals surface area contributed by atoms with Crippen LogP contribution in [0.4, 0.5) is 11.4 Å². The summed E-state index contributed by atoms with van der Waals surface area (Å²) in [5, 5.41) is 21.4. The first-order valence-corrected chi connectivity index (χ1v) is 9.07. The average molecular weight is 390 g/mol. The Bertz CT molecular complexity index is 851. The van der Waals surface area contributed by atoms with E-state index < -0.39 is 4.92 Å². The molecule has 1 fully saturated rings. The normalized spacial score (nSPS) is 14.3. The van der Waals surface area contributed by atoms with Crippen LogP contribution < -0.4 is 4.90 Å². The molecule has 0 aliphatic carbocycles. The van der Waals surface area contributed by atoms with Gasteiger partial charge in [-0.1, -0.05) is 29.8 Å². The van der Waals surface area contributed by atoms with Crippen LogP contribution in [0.3, 0.4) is 0 Å². The van der Waals surface area contributed by atoms with E-state index in [0.717, 1.165) is 5.56 Å². The van der Waals surface area contributed by atoms with Crippen LogP contribution in [0.1, 0.15) is 12.0 Å². The van der Waals surface area contributed by atoms with Crippen LogP contribution in [-0.2, 0) is 11.2 Å². The summed E-state index contributed by atoms with van der Waals surface area (Å²) in [5.74, 6) is 0.216. The molecule has 0 spiro atoms. The molecular weight excluding hydrogens is 370 g/mol. The van der Waals surface area contributed by atoms with Crippen molar-refractivity contribution in [3.05, 3.63) is 63.2 Å². The molecular formula is C19H20ClN3O4. The zero-order valence-electron chi connectivity index (χ0n) is 14.7. The highest BCUT2D eigenvalue weighted by atomic mass is 35.5. The summed E-state index contributed by atoms with van der Waals surface area (Å²) < 4.78 is 0. The molecule has 2 aromatic carbocycles. The molecule has 27 heavy (non-hydrogen) atoms. The number of halogens is 1. The monoisotopic (exact) mass is 389 g/mol. The van der Waals surface area contributed by atoms with Gasteiger partial charge in [0.05, 0.1) is 4.92 Å². The van der Waals surface area contributed by atoms with Gasteiger partial charge in [-0.05, 0) is 30.2 Å². The fraction of sp³-hybridized carbons (Fsp3) is 0.316. The lowest BCUT2D eigenvalue weighted by atomic mass is 10.1. The van der Waals surface area contributed by atoms with Gasteiger partial charge >= 0.3 is 0 Å². The fourth-order valence-electron chi connectivity index (χ4n) is 3.23. The number of nitrogens with zero attached hydrogens (tertiary/aromatic N) is 3. The summed E-state index contributed by atoms with van der Waals surface area (Å²) in [6.45, 7) is 2.04. The largest absolute Gasteiger partial charge is 0.508 e. The summed E-state index contributed by atoms with van der Waals surface area (Å²) in [7, 11) is 0. The zero-order chi connectivity index (χ0) is 19.4. The summed E-state index contributed by atoms with van der Waals surface area (Å²) >= 11 is 5.87. The van der Waals surface area contributed by atoms with Crippen molar-refractivity contribution in [2.75, 3.05) is 31.1 Å². The third kappa shape index (κ3) is 4.49. The number of aromatic hydroxyl groups is 1. The molecule has 1 aliphatic heterocycles. The van der Waals surface area contributed by atoms with Gasteiger partial charge in [0, 0.05) is 43.7 Å². The second-order valence-corrected chi connectivity index (χ2v) is 6.82. The van der Waals surface area contributed by atoms with E-state index >= 15 is 0 Å². The van der Waals surface area contributed by atoms with Gasteiger partial charge in [0.2, 0.25) is 5.91 Å². The zero-order valence-corrected chi connectivity index (χ0v) is 15.4. The number of phenols is 1. The summed E-state index contributed by atoms with van der Waals surface area (Å²) in [6, 6.07) is 11.6. The standard InChI is InChI=1S/C19H20ClN3O4/c20-15-6-7-16(17(13-15)23(26)27)21-9-11-22(12-10-21)19(25)8-5-14-3-1-2-4-18(14)24/h1-4,6-7,13,24H,5,8-12H2. The van der Waals surface area contributed by atoms with Gasteiger partial charge in [-0.15, -0.1) is 0 Å². The number of rotatable bonds is 5. The first-order chi connectivity index (χ1) is 13.0. The number of hydrogen-bond donors (Lipinski definition) is 1. The second kappa shape index (κ2) is 8.26. The molecule has 1 amide bonds. The Labute approximate surface area is 161 Å². The van der Waals surface area contributed by atoms with Crippen LogP contribution in [0, 0.1) is 10.1 Å². The SMILES string of the molecule is O=C(CCc1ccccc1O)N1CCN(c2ccc(Cl)cc2[N+](=O)[O-])CC1. The molecule has 0 atom stereocenters. The van der Waals surface area contributed by atoms with E-state index in [4.69, 9.17) is 11.6 Å². The van der Waals surface area contributed by atoms with E-state index in [2.05, 4.69) is 0 Å². The number of para-hydroxylation sites is 1. The smallest absolute Gasteiger partial charge is 0.294 e. The Morgan fingerprint density at radius 1 is 1.15 bits per heavy atom. The number of benzene rings is 2. The Hall–Kier alpha value is -2.80. The number of carbonyl (C=O) groups excluding carboxylic acids is 1. The molecule has 0 radical (unpaired) electrons. The summed E-state index contributed by atoms with van der Waals surface area (Å²) in [4.78, 5) is 26.9. The predicted octanol–water partition coefficient (Wildman–Crippen LogP) is 3.24. The topological polar surface area (TPSA) is 86.9 Å². The maximum atomic E-state index is 12.4. The van der Waals surface area contributed by atoms with E-state index in [1.165, 1.54) is 6.07 Å². The number of aryl methyl sites for hydroxylation is 1. The molecule has 0 saturated carbocycles.